The van der Waals surface area contributed by atoms with E-state index >= 15 is 0 Å². The second-order valence-corrected chi connectivity index (χ2v) is 6.70. The van der Waals surface area contributed by atoms with Crippen LogP contribution in [0.25, 0.3) is 0 Å². The number of nitrogens with zero attached hydrogens (tertiary/aromatic N) is 1. The Morgan fingerprint density at radius 3 is 2.67 bits per heavy atom. The van der Waals surface area contributed by atoms with E-state index in [1.165, 1.54) is 12.3 Å². The zero-order valence-corrected chi connectivity index (χ0v) is 11.6. The van der Waals surface area contributed by atoms with E-state index in [-0.39, 0.29) is 17.0 Å². The summed E-state index contributed by atoms with van der Waals surface area (Å²) in [4.78, 5) is 3.82. The predicted molar refractivity (Wildman–Crippen MR) is 69.5 cm³/mol. The van der Waals surface area contributed by atoms with Gasteiger partial charge in [-0.15, -0.1) is 0 Å². The molecule has 0 aliphatic heterocycles. The van der Waals surface area contributed by atoms with Crippen LogP contribution in [0, 0.1) is 5.41 Å². The van der Waals surface area contributed by atoms with Crippen molar-refractivity contribution in [3.8, 4) is 0 Å². The highest BCUT2D eigenvalue weighted by Gasteiger charge is 2.22. The van der Waals surface area contributed by atoms with Crippen molar-refractivity contribution in [2.45, 2.75) is 31.7 Å². The van der Waals surface area contributed by atoms with Crippen LogP contribution in [-0.2, 0) is 10.0 Å². The highest BCUT2D eigenvalue weighted by atomic mass is 32.2. The lowest BCUT2D eigenvalue weighted by Crippen LogP contribution is -2.34. The van der Waals surface area contributed by atoms with Gasteiger partial charge >= 0.3 is 0 Å². The first-order valence-corrected chi connectivity index (χ1v) is 7.37. The van der Waals surface area contributed by atoms with Gasteiger partial charge in [0.05, 0.1) is 0 Å². The average Bonchev–Trinajstić information content (AvgIpc) is 2.36. The van der Waals surface area contributed by atoms with Crippen molar-refractivity contribution in [3.05, 3.63) is 24.4 Å². The van der Waals surface area contributed by atoms with Gasteiger partial charge in [-0.3, -0.25) is 0 Å². The van der Waals surface area contributed by atoms with Crippen LogP contribution in [0.4, 0.5) is 0 Å². The molecule has 0 bridgehead atoms. The molecule has 0 aliphatic carbocycles. The normalized spacial score (nSPS) is 12.6. The fourth-order valence-corrected chi connectivity index (χ4v) is 2.70. The van der Waals surface area contributed by atoms with Crippen molar-refractivity contribution in [2.24, 2.45) is 5.41 Å². The van der Waals surface area contributed by atoms with E-state index in [1.807, 2.05) is 13.8 Å². The maximum absolute atomic E-state index is 11.9. The van der Waals surface area contributed by atoms with Crippen LogP contribution in [0.2, 0.25) is 0 Å². The first kappa shape index (κ1) is 15.1. The lowest BCUT2D eigenvalue weighted by molar-refractivity contribution is 0.242. The Kier molecular flexibility index (Phi) is 5.25. The predicted octanol–water partition coefficient (Wildman–Crippen LogP) is 1.16. The van der Waals surface area contributed by atoms with E-state index in [9.17, 15) is 8.42 Å². The van der Waals surface area contributed by atoms with Gasteiger partial charge in [0.1, 0.15) is 0 Å². The summed E-state index contributed by atoms with van der Waals surface area (Å²) in [6.07, 6.45) is 2.87. The van der Waals surface area contributed by atoms with Crippen molar-refractivity contribution in [2.75, 3.05) is 13.2 Å². The van der Waals surface area contributed by atoms with Crippen LogP contribution in [0.3, 0.4) is 0 Å². The fourth-order valence-electron chi connectivity index (χ4n) is 1.52. The van der Waals surface area contributed by atoms with Gasteiger partial charge < -0.3 is 5.11 Å². The molecule has 0 atom stereocenters. The minimum atomic E-state index is -3.54. The van der Waals surface area contributed by atoms with Crippen molar-refractivity contribution < 1.29 is 13.5 Å². The SMILES string of the molecule is CC(C)(CCCO)CNS(=O)(=O)c1ccccn1. The van der Waals surface area contributed by atoms with E-state index in [2.05, 4.69) is 9.71 Å². The van der Waals surface area contributed by atoms with Crippen LogP contribution >= 0.6 is 0 Å². The third-order valence-electron chi connectivity index (χ3n) is 2.67. The van der Waals surface area contributed by atoms with Gasteiger partial charge in [-0.1, -0.05) is 19.9 Å². The molecule has 0 radical (unpaired) electrons. The molecule has 6 heteroatoms. The summed E-state index contributed by atoms with van der Waals surface area (Å²) in [5.74, 6) is 0. The summed E-state index contributed by atoms with van der Waals surface area (Å²) in [6.45, 7) is 4.37. The van der Waals surface area contributed by atoms with Gasteiger partial charge in [0, 0.05) is 19.3 Å². The zero-order valence-electron chi connectivity index (χ0n) is 10.8. The standard InChI is InChI=1S/C12H20N2O3S/c1-12(2,7-5-9-15)10-14-18(16,17)11-6-3-4-8-13-11/h3-4,6,8,14-15H,5,7,9-10H2,1-2H3. The highest BCUT2D eigenvalue weighted by molar-refractivity contribution is 7.89. The van der Waals surface area contributed by atoms with Crippen LogP contribution in [0.15, 0.2) is 29.4 Å². The lowest BCUT2D eigenvalue weighted by atomic mass is 9.88. The molecule has 18 heavy (non-hydrogen) atoms. The largest absolute Gasteiger partial charge is 0.396 e. The maximum Gasteiger partial charge on any atom is 0.258 e. The second-order valence-electron chi connectivity index (χ2n) is 4.98. The molecule has 0 saturated carbocycles. The summed E-state index contributed by atoms with van der Waals surface area (Å²) in [5.41, 5.74) is -0.190. The maximum atomic E-state index is 11.9. The number of sulfonamides is 1. The minimum Gasteiger partial charge on any atom is -0.396 e. The van der Waals surface area contributed by atoms with Gasteiger partial charge in [0.2, 0.25) is 0 Å². The molecule has 0 aromatic carbocycles. The quantitative estimate of drug-likeness (QED) is 0.780. The number of aromatic nitrogens is 1. The van der Waals surface area contributed by atoms with Gasteiger partial charge in [0.15, 0.2) is 5.03 Å². The number of aliphatic hydroxyl groups excluding tert-OH is 1. The molecule has 0 amide bonds. The van der Waals surface area contributed by atoms with Gasteiger partial charge in [0.25, 0.3) is 10.0 Å². The minimum absolute atomic E-state index is 0.0305. The molecule has 2 N–H and O–H groups in total. The van der Waals surface area contributed by atoms with Gasteiger partial charge in [-0.25, -0.2) is 18.1 Å². The summed E-state index contributed by atoms with van der Waals surface area (Å²) in [7, 11) is -3.54. The van der Waals surface area contributed by atoms with Crippen molar-refractivity contribution in [1.29, 1.82) is 0 Å². The Bertz CT molecular complexity index is 457. The van der Waals surface area contributed by atoms with Crippen LogP contribution in [0.5, 0.6) is 0 Å². The average molecular weight is 272 g/mol. The number of hydrogen-bond donors (Lipinski definition) is 2. The van der Waals surface area contributed by atoms with Crippen LogP contribution in [0.1, 0.15) is 26.7 Å². The van der Waals surface area contributed by atoms with Gasteiger partial charge in [-0.05, 0) is 30.4 Å². The van der Waals surface area contributed by atoms with Crippen molar-refractivity contribution in [3.63, 3.8) is 0 Å². The molecule has 1 aromatic rings. The highest BCUT2D eigenvalue weighted by Crippen LogP contribution is 2.21. The number of aliphatic hydroxyl groups is 1. The van der Waals surface area contributed by atoms with E-state index in [1.54, 1.807) is 12.1 Å². The lowest BCUT2D eigenvalue weighted by Gasteiger charge is -2.24. The van der Waals surface area contributed by atoms with E-state index in [4.69, 9.17) is 5.11 Å². The number of pyridine rings is 1. The molecule has 0 unspecified atom stereocenters. The van der Waals surface area contributed by atoms with E-state index < -0.39 is 10.0 Å². The smallest absolute Gasteiger partial charge is 0.258 e. The third-order valence-corrected chi connectivity index (χ3v) is 3.98. The molecule has 0 fully saturated rings. The molecule has 5 nitrogen and oxygen atoms in total. The Morgan fingerprint density at radius 2 is 2.11 bits per heavy atom. The number of rotatable bonds is 7. The van der Waals surface area contributed by atoms with Crippen LogP contribution in [-0.4, -0.2) is 31.7 Å². The first-order valence-electron chi connectivity index (χ1n) is 5.89. The Hall–Kier alpha value is -0.980. The third kappa shape index (κ3) is 4.72. The molecule has 1 heterocycles. The molecule has 0 aliphatic rings. The Morgan fingerprint density at radius 1 is 1.39 bits per heavy atom. The molecule has 1 rings (SSSR count). The summed E-state index contributed by atoms with van der Waals surface area (Å²) in [6, 6.07) is 4.77. The summed E-state index contributed by atoms with van der Waals surface area (Å²) >= 11 is 0. The number of nitrogens with one attached hydrogen (secondary N) is 1. The van der Waals surface area contributed by atoms with Crippen LogP contribution < -0.4 is 4.72 Å². The summed E-state index contributed by atoms with van der Waals surface area (Å²) < 4.78 is 26.4. The monoisotopic (exact) mass is 272 g/mol. The topological polar surface area (TPSA) is 79.3 Å². The fraction of sp³-hybridized carbons (Fsp3) is 0.583. The molecule has 0 saturated heterocycles. The Labute approximate surface area is 108 Å². The van der Waals surface area contributed by atoms with Crippen molar-refractivity contribution >= 4 is 10.0 Å². The molecule has 1 aromatic heterocycles. The zero-order chi connectivity index (χ0) is 13.6. The van der Waals surface area contributed by atoms with E-state index in [0.29, 0.717) is 13.0 Å². The van der Waals surface area contributed by atoms with Crippen molar-refractivity contribution in [1.82, 2.24) is 9.71 Å². The van der Waals surface area contributed by atoms with Gasteiger partial charge in [-0.2, -0.15) is 0 Å². The number of hydrogen-bond acceptors (Lipinski definition) is 4. The summed E-state index contributed by atoms with van der Waals surface area (Å²) in [5, 5.41) is 8.82. The first-order chi connectivity index (χ1) is 8.37. The second kappa shape index (κ2) is 6.26. The van der Waals surface area contributed by atoms with E-state index in [0.717, 1.165) is 6.42 Å². The molecule has 0 spiro atoms. The molecular weight excluding hydrogens is 252 g/mol. The molecular formula is C12H20N2O3S. The molecule has 102 valence electrons. The Balaban J connectivity index is 2.63.